The van der Waals surface area contributed by atoms with E-state index in [-0.39, 0.29) is 30.3 Å². The summed E-state index contributed by atoms with van der Waals surface area (Å²) in [6.45, 7) is 5.73. The Bertz CT molecular complexity index is 510. The van der Waals surface area contributed by atoms with Crippen molar-refractivity contribution in [3.05, 3.63) is 29.8 Å². The third-order valence-corrected chi connectivity index (χ3v) is 4.71. The molecular weight excluding hydrogens is 312 g/mol. The van der Waals surface area contributed by atoms with Crippen molar-refractivity contribution in [1.29, 1.82) is 0 Å². The van der Waals surface area contributed by atoms with Gasteiger partial charge in [0.05, 0.1) is 7.11 Å². The van der Waals surface area contributed by atoms with Crippen LogP contribution in [0, 0.1) is 5.92 Å². The zero-order valence-corrected chi connectivity index (χ0v) is 15.1. The van der Waals surface area contributed by atoms with Crippen molar-refractivity contribution in [2.24, 2.45) is 11.7 Å². The predicted octanol–water partition coefficient (Wildman–Crippen LogP) is 3.20. The molecule has 0 radical (unpaired) electrons. The van der Waals surface area contributed by atoms with E-state index in [1.807, 2.05) is 23.1 Å². The third kappa shape index (κ3) is 5.11. The number of amides is 1. The molecule has 1 saturated heterocycles. The smallest absolute Gasteiger partial charge is 0.223 e. The molecule has 0 spiro atoms. The zero-order valence-electron chi connectivity index (χ0n) is 14.3. The highest BCUT2D eigenvalue weighted by Crippen LogP contribution is 2.27. The zero-order chi connectivity index (χ0) is 16.1. The van der Waals surface area contributed by atoms with E-state index in [1.165, 1.54) is 0 Å². The molecule has 130 valence electrons. The van der Waals surface area contributed by atoms with Crippen LogP contribution in [0.4, 0.5) is 0 Å². The number of piperidine rings is 1. The summed E-state index contributed by atoms with van der Waals surface area (Å²) < 4.78 is 5.26. The lowest BCUT2D eigenvalue weighted by Gasteiger charge is -2.38. The van der Waals surface area contributed by atoms with Crippen molar-refractivity contribution in [3.63, 3.8) is 0 Å². The van der Waals surface area contributed by atoms with E-state index in [2.05, 4.69) is 19.9 Å². The number of rotatable bonds is 5. The standard InChI is InChI=1S/C18H28N2O2.ClH/c1-13-7-8-20(16(9-13)12-19)18(21)10-14(2)15-5-4-6-17(11-15)22-3;/h4-6,11,13-14,16H,7-10,12,19H2,1-3H3;1H. The first-order chi connectivity index (χ1) is 10.5. The molecule has 1 fully saturated rings. The molecule has 5 heteroatoms. The average Bonchev–Trinajstić information content (AvgIpc) is 2.54. The summed E-state index contributed by atoms with van der Waals surface area (Å²) in [7, 11) is 1.66. The molecule has 1 aliphatic heterocycles. The minimum Gasteiger partial charge on any atom is -0.497 e. The van der Waals surface area contributed by atoms with Crippen LogP contribution in [0.1, 0.15) is 44.6 Å². The Morgan fingerprint density at radius 3 is 2.87 bits per heavy atom. The van der Waals surface area contributed by atoms with Crippen LogP contribution in [-0.2, 0) is 4.79 Å². The van der Waals surface area contributed by atoms with Gasteiger partial charge >= 0.3 is 0 Å². The van der Waals surface area contributed by atoms with Gasteiger partial charge in [0, 0.05) is 25.6 Å². The normalized spacial score (nSPS) is 22.2. The van der Waals surface area contributed by atoms with E-state index in [0.717, 1.165) is 30.7 Å². The number of nitrogens with two attached hydrogens (primary N) is 1. The second kappa shape index (κ2) is 9.14. The van der Waals surface area contributed by atoms with Crippen LogP contribution in [0.5, 0.6) is 5.75 Å². The van der Waals surface area contributed by atoms with Crippen molar-refractivity contribution in [2.75, 3.05) is 20.2 Å². The molecule has 3 atom stereocenters. The molecule has 1 aliphatic rings. The lowest BCUT2D eigenvalue weighted by atomic mass is 9.90. The van der Waals surface area contributed by atoms with Crippen LogP contribution < -0.4 is 10.5 Å². The number of halogens is 1. The molecule has 2 N–H and O–H groups in total. The number of likely N-dealkylation sites (tertiary alicyclic amines) is 1. The first kappa shape index (κ1) is 19.8. The van der Waals surface area contributed by atoms with Gasteiger partial charge in [0.2, 0.25) is 5.91 Å². The number of carbonyl (C=O) groups is 1. The molecule has 1 amide bonds. The topological polar surface area (TPSA) is 55.6 Å². The number of hydrogen-bond acceptors (Lipinski definition) is 3. The van der Waals surface area contributed by atoms with E-state index >= 15 is 0 Å². The van der Waals surface area contributed by atoms with Gasteiger partial charge in [0.15, 0.2) is 0 Å². The highest BCUT2D eigenvalue weighted by molar-refractivity contribution is 5.85. The Balaban J connectivity index is 0.00000264. The summed E-state index contributed by atoms with van der Waals surface area (Å²) in [5, 5.41) is 0. The predicted molar refractivity (Wildman–Crippen MR) is 96.2 cm³/mol. The number of nitrogens with zero attached hydrogens (tertiary/aromatic N) is 1. The number of hydrogen-bond donors (Lipinski definition) is 1. The summed E-state index contributed by atoms with van der Waals surface area (Å²) in [5.41, 5.74) is 7.00. The highest BCUT2D eigenvalue weighted by atomic mass is 35.5. The molecule has 4 nitrogen and oxygen atoms in total. The van der Waals surface area contributed by atoms with Gasteiger partial charge in [-0.25, -0.2) is 0 Å². The van der Waals surface area contributed by atoms with Crippen molar-refractivity contribution in [2.45, 2.75) is 45.1 Å². The van der Waals surface area contributed by atoms with Crippen LogP contribution in [0.25, 0.3) is 0 Å². The quantitative estimate of drug-likeness (QED) is 0.895. The molecular formula is C18H29ClN2O2. The van der Waals surface area contributed by atoms with Gasteiger partial charge in [0.1, 0.15) is 5.75 Å². The Labute approximate surface area is 145 Å². The molecule has 2 rings (SSSR count). The largest absolute Gasteiger partial charge is 0.497 e. The van der Waals surface area contributed by atoms with Gasteiger partial charge < -0.3 is 15.4 Å². The van der Waals surface area contributed by atoms with Gasteiger partial charge in [-0.2, -0.15) is 0 Å². The molecule has 3 unspecified atom stereocenters. The molecule has 0 aromatic heterocycles. The lowest BCUT2D eigenvalue weighted by Crippen LogP contribution is -2.49. The van der Waals surface area contributed by atoms with Gasteiger partial charge in [-0.3, -0.25) is 4.79 Å². The summed E-state index contributed by atoms with van der Waals surface area (Å²) in [5.74, 6) is 1.90. The van der Waals surface area contributed by atoms with E-state index in [0.29, 0.717) is 18.9 Å². The second-order valence-corrected chi connectivity index (χ2v) is 6.49. The molecule has 1 heterocycles. The van der Waals surface area contributed by atoms with Gasteiger partial charge in [0.25, 0.3) is 0 Å². The minimum absolute atomic E-state index is 0. The maximum absolute atomic E-state index is 12.7. The SMILES string of the molecule is COc1cccc(C(C)CC(=O)N2CCC(C)CC2CN)c1.Cl. The van der Waals surface area contributed by atoms with Crippen molar-refractivity contribution in [1.82, 2.24) is 4.90 Å². The van der Waals surface area contributed by atoms with Crippen LogP contribution in [0.2, 0.25) is 0 Å². The average molecular weight is 341 g/mol. The lowest BCUT2D eigenvalue weighted by molar-refractivity contribution is -0.135. The molecule has 1 aromatic rings. The molecule has 23 heavy (non-hydrogen) atoms. The summed E-state index contributed by atoms with van der Waals surface area (Å²) in [6, 6.07) is 8.17. The minimum atomic E-state index is 0. The van der Waals surface area contributed by atoms with Crippen molar-refractivity contribution >= 4 is 18.3 Å². The summed E-state index contributed by atoms with van der Waals surface area (Å²) in [4.78, 5) is 14.6. The fraction of sp³-hybridized carbons (Fsp3) is 0.611. The molecule has 0 bridgehead atoms. The maximum atomic E-state index is 12.7. The molecule has 0 aliphatic carbocycles. The summed E-state index contributed by atoms with van der Waals surface area (Å²) in [6.07, 6.45) is 2.63. The number of ether oxygens (including phenoxy) is 1. The monoisotopic (exact) mass is 340 g/mol. The van der Waals surface area contributed by atoms with Crippen molar-refractivity contribution in [3.8, 4) is 5.75 Å². The third-order valence-electron chi connectivity index (χ3n) is 4.71. The number of benzene rings is 1. The maximum Gasteiger partial charge on any atom is 0.223 e. The van der Waals surface area contributed by atoms with Crippen LogP contribution in [-0.4, -0.2) is 37.0 Å². The molecule has 0 saturated carbocycles. The Morgan fingerprint density at radius 2 is 2.22 bits per heavy atom. The van der Waals surface area contributed by atoms with Gasteiger partial charge in [-0.1, -0.05) is 26.0 Å². The number of carbonyl (C=O) groups excluding carboxylic acids is 1. The van der Waals surface area contributed by atoms with E-state index in [1.54, 1.807) is 7.11 Å². The van der Waals surface area contributed by atoms with E-state index in [4.69, 9.17) is 10.5 Å². The van der Waals surface area contributed by atoms with Gasteiger partial charge in [-0.05, 0) is 42.4 Å². The first-order valence-electron chi connectivity index (χ1n) is 8.18. The first-order valence-corrected chi connectivity index (χ1v) is 8.18. The summed E-state index contributed by atoms with van der Waals surface area (Å²) >= 11 is 0. The molecule has 1 aromatic carbocycles. The Morgan fingerprint density at radius 1 is 1.48 bits per heavy atom. The van der Waals surface area contributed by atoms with Gasteiger partial charge in [-0.15, -0.1) is 12.4 Å². The van der Waals surface area contributed by atoms with Crippen LogP contribution >= 0.6 is 12.4 Å². The Kier molecular flexibility index (Phi) is 7.86. The van der Waals surface area contributed by atoms with Crippen LogP contribution in [0.15, 0.2) is 24.3 Å². The van der Waals surface area contributed by atoms with E-state index in [9.17, 15) is 4.79 Å². The van der Waals surface area contributed by atoms with Crippen LogP contribution in [0.3, 0.4) is 0 Å². The number of methoxy groups -OCH3 is 1. The van der Waals surface area contributed by atoms with E-state index < -0.39 is 0 Å². The fourth-order valence-electron chi connectivity index (χ4n) is 3.25. The van der Waals surface area contributed by atoms with Crippen molar-refractivity contribution < 1.29 is 9.53 Å². The second-order valence-electron chi connectivity index (χ2n) is 6.49. The highest BCUT2D eigenvalue weighted by Gasteiger charge is 2.29. The Hall–Kier alpha value is -1.26. The fourth-order valence-corrected chi connectivity index (χ4v) is 3.25.